The molecular weight excluding hydrogens is 415 g/mol. The number of hydrogen-bond acceptors (Lipinski definition) is 2. The number of carbonyl (C=O) groups is 1. The smallest absolute Gasteiger partial charge is 0.224 e. The van der Waals surface area contributed by atoms with E-state index in [9.17, 15) is 4.79 Å². The maximum absolute atomic E-state index is 12.3. The van der Waals surface area contributed by atoms with Gasteiger partial charge in [-0.15, -0.1) is 24.0 Å². The topological polar surface area (TPSA) is 56.7 Å². The summed E-state index contributed by atoms with van der Waals surface area (Å²) in [6.45, 7) is 11.9. The zero-order valence-electron chi connectivity index (χ0n) is 15.9. The van der Waals surface area contributed by atoms with Gasteiger partial charge in [-0.05, 0) is 51.9 Å². The molecule has 1 amide bonds. The van der Waals surface area contributed by atoms with Crippen LogP contribution in [0.1, 0.15) is 66.2 Å². The zero-order valence-corrected chi connectivity index (χ0v) is 18.3. The lowest BCUT2D eigenvalue weighted by Crippen LogP contribution is -2.44. The lowest BCUT2D eigenvalue weighted by atomic mass is 10.0. The number of halogens is 1. The first-order valence-corrected chi connectivity index (χ1v) is 9.36. The van der Waals surface area contributed by atoms with Gasteiger partial charge in [0, 0.05) is 38.6 Å². The maximum Gasteiger partial charge on any atom is 0.224 e. The van der Waals surface area contributed by atoms with Gasteiger partial charge in [0.15, 0.2) is 5.96 Å². The monoisotopic (exact) mass is 452 g/mol. The molecule has 0 saturated carbocycles. The van der Waals surface area contributed by atoms with Gasteiger partial charge in [-0.1, -0.05) is 13.8 Å². The quantitative estimate of drug-likeness (QED) is 0.257. The summed E-state index contributed by atoms with van der Waals surface area (Å²) in [7, 11) is 0. The largest absolute Gasteiger partial charge is 0.357 e. The third-order valence-electron chi connectivity index (χ3n) is 4.31. The fraction of sp³-hybridized carbons (Fsp3) is 0.889. The first-order chi connectivity index (χ1) is 11.0. The molecule has 0 aromatic rings. The highest BCUT2D eigenvalue weighted by atomic mass is 127. The molecule has 0 radical (unpaired) electrons. The average molecular weight is 452 g/mol. The lowest BCUT2D eigenvalue weighted by Gasteiger charge is -2.33. The number of piperidine rings is 1. The Morgan fingerprint density at radius 2 is 2.04 bits per heavy atom. The third kappa shape index (κ3) is 9.69. The van der Waals surface area contributed by atoms with Crippen LogP contribution in [-0.2, 0) is 4.79 Å². The summed E-state index contributed by atoms with van der Waals surface area (Å²) < 4.78 is 0. The highest BCUT2D eigenvalue weighted by molar-refractivity contribution is 14.0. The van der Waals surface area contributed by atoms with Gasteiger partial charge in [0.2, 0.25) is 5.91 Å². The fourth-order valence-electron chi connectivity index (χ4n) is 2.93. The number of nitrogens with one attached hydrogen (secondary N) is 2. The van der Waals surface area contributed by atoms with Crippen molar-refractivity contribution in [3.8, 4) is 0 Å². The summed E-state index contributed by atoms with van der Waals surface area (Å²) in [4.78, 5) is 18.9. The first-order valence-electron chi connectivity index (χ1n) is 9.36. The molecule has 5 nitrogen and oxygen atoms in total. The van der Waals surface area contributed by atoms with E-state index in [0.717, 1.165) is 50.8 Å². The molecule has 24 heavy (non-hydrogen) atoms. The highest BCUT2D eigenvalue weighted by Crippen LogP contribution is 2.16. The first kappa shape index (κ1) is 23.5. The predicted molar refractivity (Wildman–Crippen MR) is 113 cm³/mol. The molecule has 1 aliphatic heterocycles. The summed E-state index contributed by atoms with van der Waals surface area (Å²) in [5, 5.41) is 6.53. The minimum atomic E-state index is 0. The van der Waals surface area contributed by atoms with Crippen LogP contribution >= 0.6 is 24.0 Å². The molecule has 2 N–H and O–H groups in total. The summed E-state index contributed by atoms with van der Waals surface area (Å²) in [5.41, 5.74) is 0. The van der Waals surface area contributed by atoms with E-state index < -0.39 is 0 Å². The Labute approximate surface area is 165 Å². The number of rotatable bonds is 8. The van der Waals surface area contributed by atoms with Crippen molar-refractivity contribution in [3.05, 3.63) is 0 Å². The Hall–Kier alpha value is -0.530. The van der Waals surface area contributed by atoms with Crippen LogP contribution in [0.3, 0.4) is 0 Å². The van der Waals surface area contributed by atoms with Crippen molar-refractivity contribution in [1.29, 1.82) is 0 Å². The van der Waals surface area contributed by atoms with Crippen LogP contribution in [0.15, 0.2) is 4.99 Å². The molecule has 1 saturated heterocycles. The number of amides is 1. The average Bonchev–Trinajstić information content (AvgIpc) is 2.51. The van der Waals surface area contributed by atoms with Crippen molar-refractivity contribution < 1.29 is 4.79 Å². The number of carbonyl (C=O) groups excluding carboxylic acids is 1. The predicted octanol–water partition coefficient (Wildman–Crippen LogP) is 3.39. The van der Waals surface area contributed by atoms with E-state index in [-0.39, 0.29) is 29.9 Å². The second kappa shape index (κ2) is 13.7. The molecule has 142 valence electrons. The minimum Gasteiger partial charge on any atom is -0.357 e. The van der Waals surface area contributed by atoms with Crippen molar-refractivity contribution in [2.45, 2.75) is 72.3 Å². The fourth-order valence-corrected chi connectivity index (χ4v) is 2.93. The normalized spacial score (nSPS) is 18.3. The van der Waals surface area contributed by atoms with Crippen LogP contribution in [0, 0.1) is 5.92 Å². The number of nitrogens with zero attached hydrogens (tertiary/aromatic N) is 2. The van der Waals surface area contributed by atoms with Gasteiger partial charge in [-0.3, -0.25) is 9.79 Å². The van der Waals surface area contributed by atoms with Gasteiger partial charge < -0.3 is 15.5 Å². The molecule has 1 rings (SSSR count). The highest BCUT2D eigenvalue weighted by Gasteiger charge is 2.22. The molecule has 1 heterocycles. The summed E-state index contributed by atoms with van der Waals surface area (Å²) in [6, 6.07) is 0.397. The minimum absolute atomic E-state index is 0. The van der Waals surface area contributed by atoms with Crippen LogP contribution in [-0.4, -0.2) is 49.0 Å². The van der Waals surface area contributed by atoms with Crippen molar-refractivity contribution in [1.82, 2.24) is 15.5 Å². The summed E-state index contributed by atoms with van der Waals surface area (Å²) >= 11 is 0. The van der Waals surface area contributed by atoms with Crippen molar-refractivity contribution >= 4 is 35.8 Å². The van der Waals surface area contributed by atoms with Crippen LogP contribution in [0.4, 0.5) is 0 Å². The molecule has 6 heteroatoms. The number of hydrogen-bond donors (Lipinski definition) is 2. The van der Waals surface area contributed by atoms with Crippen molar-refractivity contribution in [2.75, 3.05) is 26.2 Å². The van der Waals surface area contributed by atoms with Gasteiger partial charge in [0.1, 0.15) is 0 Å². The van der Waals surface area contributed by atoms with Crippen LogP contribution in [0.5, 0.6) is 0 Å². The second-order valence-electron chi connectivity index (χ2n) is 6.91. The van der Waals surface area contributed by atoms with E-state index in [1.807, 2.05) is 4.90 Å². The summed E-state index contributed by atoms with van der Waals surface area (Å²) in [6.07, 6.45) is 6.38. The number of likely N-dealkylation sites (tertiary alicyclic amines) is 1. The van der Waals surface area contributed by atoms with Crippen molar-refractivity contribution in [2.24, 2.45) is 10.9 Å². The summed E-state index contributed by atoms with van der Waals surface area (Å²) in [5.74, 6) is 1.82. The molecule has 1 atom stereocenters. The zero-order chi connectivity index (χ0) is 17.1. The van der Waals surface area contributed by atoms with E-state index in [1.165, 1.54) is 12.8 Å². The molecule has 0 aromatic carbocycles. The van der Waals surface area contributed by atoms with E-state index in [0.29, 0.717) is 19.0 Å². The number of guanidine groups is 1. The molecule has 1 fully saturated rings. The Bertz CT molecular complexity index is 374. The lowest BCUT2D eigenvalue weighted by molar-refractivity contribution is -0.134. The van der Waals surface area contributed by atoms with Gasteiger partial charge in [0.05, 0.1) is 0 Å². The maximum atomic E-state index is 12.3. The molecule has 0 aliphatic carbocycles. The van der Waals surface area contributed by atoms with Gasteiger partial charge >= 0.3 is 0 Å². The molecule has 1 aliphatic rings. The van der Waals surface area contributed by atoms with Crippen LogP contribution < -0.4 is 10.6 Å². The van der Waals surface area contributed by atoms with E-state index in [1.54, 1.807) is 0 Å². The van der Waals surface area contributed by atoms with Crippen LogP contribution in [0.2, 0.25) is 0 Å². The van der Waals surface area contributed by atoms with Gasteiger partial charge in [-0.25, -0.2) is 0 Å². The van der Waals surface area contributed by atoms with Crippen LogP contribution in [0.25, 0.3) is 0 Å². The molecular formula is C18H37IN4O. The molecule has 0 bridgehead atoms. The SMILES string of the molecule is CCNC(=NCCCC(C)C)NCCC(=O)N1CCCCC1C.I. The Morgan fingerprint density at radius 1 is 1.29 bits per heavy atom. The van der Waals surface area contributed by atoms with Gasteiger partial charge in [0.25, 0.3) is 0 Å². The molecule has 0 aromatic heterocycles. The van der Waals surface area contributed by atoms with Gasteiger partial charge in [-0.2, -0.15) is 0 Å². The Balaban J connectivity index is 0.00000529. The standard InChI is InChI=1S/C18H36N4O.HI/c1-5-19-18(20-12-8-9-15(2)3)21-13-11-17(23)22-14-7-6-10-16(22)4;/h15-16H,5-14H2,1-4H3,(H2,19,20,21);1H. The van der Waals surface area contributed by atoms with Crippen molar-refractivity contribution in [3.63, 3.8) is 0 Å². The molecule has 0 spiro atoms. The van der Waals surface area contributed by atoms with E-state index >= 15 is 0 Å². The Morgan fingerprint density at radius 3 is 2.67 bits per heavy atom. The van der Waals surface area contributed by atoms with E-state index in [2.05, 4.69) is 43.3 Å². The van der Waals surface area contributed by atoms with E-state index in [4.69, 9.17) is 0 Å². The third-order valence-corrected chi connectivity index (χ3v) is 4.31. The number of aliphatic imine (C=N–C) groups is 1. The Kier molecular flexibility index (Phi) is 13.4. The second-order valence-corrected chi connectivity index (χ2v) is 6.91. The molecule has 1 unspecified atom stereocenters.